The Bertz CT molecular complexity index is 543. The fraction of sp³-hybridized carbons (Fsp3) is 0. The van der Waals surface area contributed by atoms with Crippen molar-refractivity contribution in [2.75, 3.05) is 0 Å². The van der Waals surface area contributed by atoms with Gasteiger partial charge in [0, 0.05) is 5.56 Å². The molecule has 0 amide bonds. The predicted molar refractivity (Wildman–Crippen MR) is 57.9 cm³/mol. The summed E-state index contributed by atoms with van der Waals surface area (Å²) in [7, 11) is 0. The molecule has 3 N–H and O–H groups in total. The van der Waals surface area contributed by atoms with E-state index in [2.05, 4.69) is 10.2 Å². The molecule has 0 bridgehead atoms. The first-order valence-electron chi connectivity index (χ1n) is 4.71. The summed E-state index contributed by atoms with van der Waals surface area (Å²) in [5, 5.41) is 23.6. The number of nitrogens with one attached hydrogen (secondary N) is 1. The number of H-pyrrole nitrogens is 1. The van der Waals surface area contributed by atoms with Crippen molar-refractivity contribution in [2.45, 2.75) is 0 Å². The Morgan fingerprint density at radius 3 is 2.24 bits per heavy atom. The Kier molecular flexibility index (Phi) is 2.61. The van der Waals surface area contributed by atoms with Gasteiger partial charge in [-0.2, -0.15) is 5.10 Å². The lowest BCUT2D eigenvalue weighted by Gasteiger charge is -2.00. The lowest BCUT2D eigenvalue weighted by atomic mass is 10.0. The van der Waals surface area contributed by atoms with Crippen molar-refractivity contribution in [1.29, 1.82) is 0 Å². The highest BCUT2D eigenvalue weighted by atomic mass is 16.4. The summed E-state index contributed by atoms with van der Waals surface area (Å²) in [6.45, 7) is 0. The van der Waals surface area contributed by atoms with Crippen molar-refractivity contribution in [2.24, 2.45) is 0 Å². The molecule has 0 aliphatic rings. The van der Waals surface area contributed by atoms with E-state index in [4.69, 9.17) is 10.2 Å². The van der Waals surface area contributed by atoms with Gasteiger partial charge in [-0.05, 0) is 5.56 Å². The van der Waals surface area contributed by atoms with Crippen molar-refractivity contribution in [3.63, 3.8) is 0 Å². The third kappa shape index (κ3) is 1.87. The van der Waals surface area contributed by atoms with E-state index in [1.807, 2.05) is 0 Å². The number of carbonyl (C=O) groups is 2. The maximum absolute atomic E-state index is 11.0. The van der Waals surface area contributed by atoms with E-state index in [0.717, 1.165) is 0 Å². The van der Waals surface area contributed by atoms with Crippen LogP contribution in [0.3, 0.4) is 0 Å². The minimum absolute atomic E-state index is 0.0885. The highest BCUT2D eigenvalue weighted by Crippen LogP contribution is 2.25. The highest BCUT2D eigenvalue weighted by Gasteiger charge is 2.23. The molecule has 1 aromatic carbocycles. The average Bonchev–Trinajstić information content (AvgIpc) is 2.74. The van der Waals surface area contributed by atoms with Gasteiger partial charge >= 0.3 is 11.9 Å². The van der Waals surface area contributed by atoms with Gasteiger partial charge in [0.05, 0.1) is 0 Å². The molecular formula is C11H8N2O4. The zero-order valence-corrected chi connectivity index (χ0v) is 8.54. The molecule has 86 valence electrons. The molecule has 0 spiro atoms. The number of carboxylic acids is 2. The van der Waals surface area contributed by atoms with Crippen LogP contribution in [0.4, 0.5) is 0 Å². The predicted octanol–water partition coefficient (Wildman–Crippen LogP) is 1.47. The Morgan fingerprint density at radius 2 is 1.71 bits per heavy atom. The fourth-order valence-electron chi connectivity index (χ4n) is 1.54. The molecule has 0 aliphatic carbocycles. The maximum atomic E-state index is 11.0. The van der Waals surface area contributed by atoms with Gasteiger partial charge in [0.2, 0.25) is 0 Å². The number of aromatic amines is 1. The first kappa shape index (κ1) is 10.9. The van der Waals surface area contributed by atoms with Crippen molar-refractivity contribution >= 4 is 11.9 Å². The highest BCUT2D eigenvalue weighted by molar-refractivity contribution is 6.02. The zero-order valence-electron chi connectivity index (χ0n) is 8.54. The van der Waals surface area contributed by atoms with E-state index in [1.165, 1.54) is 0 Å². The molecule has 6 nitrogen and oxygen atoms in total. The smallest absolute Gasteiger partial charge is 0.357 e. The van der Waals surface area contributed by atoms with Crippen molar-refractivity contribution in [1.82, 2.24) is 10.2 Å². The van der Waals surface area contributed by atoms with E-state index in [0.29, 0.717) is 5.56 Å². The van der Waals surface area contributed by atoms with Crippen LogP contribution in [-0.2, 0) is 0 Å². The van der Waals surface area contributed by atoms with E-state index >= 15 is 0 Å². The Hall–Kier alpha value is -2.63. The molecule has 2 rings (SSSR count). The fourth-order valence-corrected chi connectivity index (χ4v) is 1.54. The van der Waals surface area contributed by atoms with E-state index < -0.39 is 11.9 Å². The second kappa shape index (κ2) is 4.09. The van der Waals surface area contributed by atoms with E-state index in [1.54, 1.807) is 30.3 Å². The van der Waals surface area contributed by atoms with Crippen LogP contribution in [-0.4, -0.2) is 32.3 Å². The molecule has 0 unspecified atom stereocenters. The summed E-state index contributed by atoms with van der Waals surface area (Å²) in [6, 6.07) is 8.40. The first-order chi connectivity index (χ1) is 8.11. The number of rotatable bonds is 3. The van der Waals surface area contributed by atoms with Gasteiger partial charge in [-0.3, -0.25) is 5.10 Å². The average molecular weight is 232 g/mol. The van der Waals surface area contributed by atoms with E-state index in [9.17, 15) is 9.59 Å². The number of aromatic carboxylic acids is 2. The van der Waals surface area contributed by atoms with Crippen LogP contribution < -0.4 is 0 Å². The Labute approximate surface area is 95.5 Å². The minimum atomic E-state index is -1.27. The molecule has 0 aliphatic heterocycles. The number of hydrogen-bond donors (Lipinski definition) is 3. The van der Waals surface area contributed by atoms with Crippen LogP contribution in [0, 0.1) is 0 Å². The van der Waals surface area contributed by atoms with E-state index in [-0.39, 0.29) is 17.0 Å². The SMILES string of the molecule is O=C(O)c1n[nH]c(C(=O)O)c1-c1ccccc1. The molecule has 0 atom stereocenters. The van der Waals surface area contributed by atoms with Crippen LogP contribution in [0.2, 0.25) is 0 Å². The third-order valence-corrected chi connectivity index (χ3v) is 2.25. The molecule has 17 heavy (non-hydrogen) atoms. The molecule has 0 saturated heterocycles. The topological polar surface area (TPSA) is 103 Å². The summed E-state index contributed by atoms with van der Waals surface area (Å²) in [5.41, 5.74) is 0.0591. The molecule has 0 radical (unpaired) electrons. The van der Waals surface area contributed by atoms with Crippen molar-refractivity contribution in [3.8, 4) is 11.1 Å². The van der Waals surface area contributed by atoms with Gasteiger partial charge in [-0.1, -0.05) is 30.3 Å². The minimum Gasteiger partial charge on any atom is -0.477 e. The number of carboxylic acid groups (broad SMARTS) is 2. The normalized spacial score (nSPS) is 10.1. The van der Waals surface area contributed by atoms with Gasteiger partial charge in [0.25, 0.3) is 0 Å². The quantitative estimate of drug-likeness (QED) is 0.743. The van der Waals surface area contributed by atoms with Gasteiger partial charge < -0.3 is 10.2 Å². The van der Waals surface area contributed by atoms with Gasteiger partial charge in [0.1, 0.15) is 0 Å². The summed E-state index contributed by atoms with van der Waals surface area (Å²) in [6.07, 6.45) is 0. The summed E-state index contributed by atoms with van der Waals surface area (Å²) >= 11 is 0. The van der Waals surface area contributed by atoms with Crippen LogP contribution in [0.15, 0.2) is 30.3 Å². The number of benzene rings is 1. The first-order valence-corrected chi connectivity index (χ1v) is 4.71. The molecule has 6 heteroatoms. The van der Waals surface area contributed by atoms with Gasteiger partial charge in [-0.15, -0.1) is 0 Å². The standard InChI is InChI=1S/C11H8N2O4/c14-10(15)8-7(6-4-2-1-3-5-6)9(11(16)17)13-12-8/h1-5H,(H,12,13)(H,14,15)(H,16,17). The van der Waals surface area contributed by atoms with Crippen LogP contribution in [0.25, 0.3) is 11.1 Å². The van der Waals surface area contributed by atoms with Gasteiger partial charge in [0.15, 0.2) is 11.4 Å². The zero-order chi connectivity index (χ0) is 12.4. The lowest BCUT2D eigenvalue weighted by molar-refractivity contribution is 0.0683. The Morgan fingerprint density at radius 1 is 1.06 bits per heavy atom. The molecule has 1 heterocycles. The second-order valence-electron chi connectivity index (χ2n) is 3.30. The van der Waals surface area contributed by atoms with Crippen molar-refractivity contribution < 1.29 is 19.8 Å². The summed E-state index contributed by atoms with van der Waals surface area (Å²) in [4.78, 5) is 21.9. The number of hydrogen-bond acceptors (Lipinski definition) is 3. The second-order valence-corrected chi connectivity index (χ2v) is 3.30. The third-order valence-electron chi connectivity index (χ3n) is 2.25. The van der Waals surface area contributed by atoms with Crippen LogP contribution >= 0.6 is 0 Å². The van der Waals surface area contributed by atoms with Crippen LogP contribution in [0.1, 0.15) is 21.0 Å². The lowest BCUT2D eigenvalue weighted by Crippen LogP contribution is -2.02. The monoisotopic (exact) mass is 232 g/mol. The molecule has 0 fully saturated rings. The number of aromatic nitrogens is 2. The largest absolute Gasteiger partial charge is 0.477 e. The molecule has 2 aromatic rings. The van der Waals surface area contributed by atoms with Crippen molar-refractivity contribution in [3.05, 3.63) is 41.7 Å². The summed E-state index contributed by atoms with van der Waals surface area (Å²) in [5.74, 6) is -2.52. The molecule has 1 aromatic heterocycles. The number of nitrogens with zero attached hydrogens (tertiary/aromatic N) is 1. The molecule has 0 saturated carbocycles. The molecular weight excluding hydrogens is 224 g/mol. The summed E-state index contributed by atoms with van der Waals surface area (Å²) < 4.78 is 0. The maximum Gasteiger partial charge on any atom is 0.357 e. The van der Waals surface area contributed by atoms with Gasteiger partial charge in [-0.25, -0.2) is 9.59 Å². The van der Waals surface area contributed by atoms with Crippen LogP contribution in [0.5, 0.6) is 0 Å². The Balaban J connectivity index is 2.69.